The predicted molar refractivity (Wildman–Crippen MR) is 51.0 cm³/mol. The number of hydrogen-bond acceptors (Lipinski definition) is 2. The van der Waals surface area contributed by atoms with E-state index in [1.54, 1.807) is 6.20 Å². The average Bonchev–Trinajstić information content (AvgIpc) is 2.25. The Hall–Kier alpha value is -1.45. The van der Waals surface area contributed by atoms with E-state index in [1.165, 1.54) is 0 Å². The molecule has 0 bridgehead atoms. The van der Waals surface area contributed by atoms with E-state index in [2.05, 4.69) is 4.98 Å². The molecule has 0 aliphatic heterocycles. The van der Waals surface area contributed by atoms with Crippen LogP contribution in [0.15, 0.2) is 24.4 Å². The number of unbranched alkanes of at least 4 members (excludes halogenated alkanes) is 1. The lowest BCUT2D eigenvalue weighted by atomic mass is 10.1. The number of carbonyl (C=O) groups excluding carboxylic acids is 1. The standard InChI is InChI=1S/C10H13FN2O/c11-13-10(14)7-2-1-5-9-6-3-4-8-12-9/h3-4,6,8H,1-2,5,7H2,(H,13,14). The fraction of sp³-hybridized carbons (Fsp3) is 0.400. The van der Waals surface area contributed by atoms with Gasteiger partial charge in [-0.2, -0.15) is 5.54 Å². The monoisotopic (exact) mass is 196 g/mol. The molecule has 1 N–H and O–H groups in total. The lowest BCUT2D eigenvalue weighted by Crippen LogP contribution is -2.12. The minimum absolute atomic E-state index is 0.239. The molecule has 0 spiro atoms. The summed E-state index contributed by atoms with van der Waals surface area (Å²) in [5.74, 6) is -0.550. The second kappa shape index (κ2) is 6.07. The number of rotatable bonds is 5. The van der Waals surface area contributed by atoms with Gasteiger partial charge in [0.05, 0.1) is 0 Å². The molecule has 1 amide bonds. The molecule has 14 heavy (non-hydrogen) atoms. The highest BCUT2D eigenvalue weighted by molar-refractivity contribution is 5.74. The molecule has 0 unspecified atom stereocenters. The summed E-state index contributed by atoms with van der Waals surface area (Å²) in [6.07, 6.45) is 4.35. The maximum Gasteiger partial charge on any atom is 0.247 e. The van der Waals surface area contributed by atoms with Gasteiger partial charge in [-0.1, -0.05) is 6.07 Å². The van der Waals surface area contributed by atoms with Gasteiger partial charge in [0, 0.05) is 18.3 Å². The van der Waals surface area contributed by atoms with E-state index in [0.717, 1.165) is 24.1 Å². The molecule has 4 heteroatoms. The first-order valence-electron chi connectivity index (χ1n) is 4.62. The van der Waals surface area contributed by atoms with E-state index in [0.29, 0.717) is 6.42 Å². The van der Waals surface area contributed by atoms with E-state index >= 15 is 0 Å². The Bertz CT molecular complexity index is 277. The van der Waals surface area contributed by atoms with Gasteiger partial charge in [-0.05, 0) is 31.4 Å². The molecule has 0 saturated carbocycles. The zero-order valence-electron chi connectivity index (χ0n) is 7.87. The number of carbonyl (C=O) groups is 1. The largest absolute Gasteiger partial charge is 0.273 e. The van der Waals surface area contributed by atoms with Gasteiger partial charge in [-0.15, -0.1) is 4.48 Å². The molecule has 1 heterocycles. The van der Waals surface area contributed by atoms with Crippen LogP contribution in [0.4, 0.5) is 4.48 Å². The predicted octanol–water partition coefficient (Wildman–Crippen LogP) is 1.80. The van der Waals surface area contributed by atoms with Crippen molar-refractivity contribution >= 4 is 5.91 Å². The van der Waals surface area contributed by atoms with E-state index in [-0.39, 0.29) is 6.42 Å². The average molecular weight is 196 g/mol. The van der Waals surface area contributed by atoms with Crippen molar-refractivity contribution in [2.75, 3.05) is 0 Å². The maximum atomic E-state index is 11.5. The zero-order valence-corrected chi connectivity index (χ0v) is 7.87. The Morgan fingerprint density at radius 3 is 2.93 bits per heavy atom. The highest BCUT2D eigenvalue weighted by Gasteiger charge is 1.99. The third-order valence-corrected chi connectivity index (χ3v) is 1.92. The van der Waals surface area contributed by atoms with Crippen molar-refractivity contribution in [3.8, 4) is 0 Å². The minimum Gasteiger partial charge on any atom is -0.273 e. The summed E-state index contributed by atoms with van der Waals surface area (Å²) in [7, 11) is 0. The van der Waals surface area contributed by atoms with Crippen molar-refractivity contribution in [3.63, 3.8) is 0 Å². The maximum absolute atomic E-state index is 11.5. The first-order valence-corrected chi connectivity index (χ1v) is 4.62. The number of nitrogens with one attached hydrogen (secondary N) is 1. The second-order valence-corrected chi connectivity index (χ2v) is 3.05. The summed E-state index contributed by atoms with van der Waals surface area (Å²) in [6, 6.07) is 5.73. The van der Waals surface area contributed by atoms with E-state index in [1.807, 2.05) is 18.2 Å². The van der Waals surface area contributed by atoms with Crippen LogP contribution in [0.1, 0.15) is 25.0 Å². The molecule has 0 fully saturated rings. The molecule has 0 atom stereocenters. The molecular weight excluding hydrogens is 183 g/mol. The van der Waals surface area contributed by atoms with Gasteiger partial charge in [0.25, 0.3) is 0 Å². The number of aryl methyl sites for hydroxylation is 1. The molecule has 0 aliphatic rings. The van der Waals surface area contributed by atoms with Crippen LogP contribution in [0.25, 0.3) is 0 Å². The van der Waals surface area contributed by atoms with Crippen LogP contribution in [0.3, 0.4) is 0 Å². The SMILES string of the molecule is O=C(CCCCc1ccccn1)NF. The fourth-order valence-electron chi connectivity index (χ4n) is 1.18. The molecule has 0 aromatic carbocycles. The van der Waals surface area contributed by atoms with Crippen molar-refractivity contribution in [2.24, 2.45) is 0 Å². The van der Waals surface area contributed by atoms with Gasteiger partial charge in [-0.25, -0.2) is 0 Å². The normalized spacial score (nSPS) is 9.79. The van der Waals surface area contributed by atoms with Gasteiger partial charge in [0.1, 0.15) is 0 Å². The molecule has 0 saturated heterocycles. The summed E-state index contributed by atoms with van der Waals surface area (Å²) in [6.45, 7) is 0. The zero-order chi connectivity index (χ0) is 10.2. The minimum atomic E-state index is -0.550. The Morgan fingerprint density at radius 2 is 2.29 bits per heavy atom. The number of halogens is 1. The fourth-order valence-corrected chi connectivity index (χ4v) is 1.18. The lowest BCUT2D eigenvalue weighted by Gasteiger charge is -1.99. The first kappa shape index (κ1) is 10.6. The molecule has 3 nitrogen and oxygen atoms in total. The third kappa shape index (κ3) is 3.98. The molecule has 1 aromatic rings. The molecule has 0 radical (unpaired) electrons. The van der Waals surface area contributed by atoms with Crippen LogP contribution in [0, 0.1) is 0 Å². The summed E-state index contributed by atoms with van der Waals surface area (Å²) < 4.78 is 11.5. The van der Waals surface area contributed by atoms with Gasteiger partial charge >= 0.3 is 0 Å². The number of hydrogen-bond donors (Lipinski definition) is 1. The van der Waals surface area contributed by atoms with Crippen LogP contribution in [0.2, 0.25) is 0 Å². The van der Waals surface area contributed by atoms with Crippen LogP contribution < -0.4 is 5.54 Å². The Morgan fingerprint density at radius 1 is 1.43 bits per heavy atom. The van der Waals surface area contributed by atoms with Crippen molar-refractivity contribution in [2.45, 2.75) is 25.7 Å². The van der Waals surface area contributed by atoms with Crippen LogP contribution >= 0.6 is 0 Å². The number of aromatic nitrogens is 1. The van der Waals surface area contributed by atoms with Crippen molar-refractivity contribution in [1.82, 2.24) is 10.5 Å². The summed E-state index contributed by atoms with van der Waals surface area (Å²) >= 11 is 0. The lowest BCUT2D eigenvalue weighted by molar-refractivity contribution is -0.125. The smallest absolute Gasteiger partial charge is 0.247 e. The van der Waals surface area contributed by atoms with Gasteiger partial charge in [0.2, 0.25) is 5.91 Å². The van der Waals surface area contributed by atoms with Gasteiger partial charge in [-0.3, -0.25) is 9.78 Å². The van der Waals surface area contributed by atoms with Gasteiger partial charge < -0.3 is 0 Å². The molecule has 1 aromatic heterocycles. The quantitative estimate of drug-likeness (QED) is 0.576. The Labute approximate surface area is 82.3 Å². The highest BCUT2D eigenvalue weighted by Crippen LogP contribution is 2.03. The summed E-state index contributed by atoms with van der Waals surface area (Å²) in [5, 5.41) is 0. The number of nitrogens with zero attached hydrogens (tertiary/aromatic N) is 1. The summed E-state index contributed by atoms with van der Waals surface area (Å²) in [5.41, 5.74) is 2.12. The van der Waals surface area contributed by atoms with Crippen molar-refractivity contribution in [1.29, 1.82) is 0 Å². The highest BCUT2D eigenvalue weighted by atomic mass is 19.2. The third-order valence-electron chi connectivity index (χ3n) is 1.92. The van der Waals surface area contributed by atoms with Crippen molar-refractivity contribution in [3.05, 3.63) is 30.1 Å². The Balaban J connectivity index is 2.13. The van der Waals surface area contributed by atoms with Crippen LogP contribution in [-0.4, -0.2) is 10.9 Å². The van der Waals surface area contributed by atoms with Crippen molar-refractivity contribution < 1.29 is 9.28 Å². The topological polar surface area (TPSA) is 42.0 Å². The molecular formula is C10H13FN2O. The van der Waals surface area contributed by atoms with Gasteiger partial charge in [0.15, 0.2) is 0 Å². The number of amides is 1. The van der Waals surface area contributed by atoms with Crippen LogP contribution in [0.5, 0.6) is 0 Å². The second-order valence-electron chi connectivity index (χ2n) is 3.05. The van der Waals surface area contributed by atoms with E-state index in [4.69, 9.17) is 0 Å². The van der Waals surface area contributed by atoms with E-state index < -0.39 is 5.91 Å². The van der Waals surface area contributed by atoms with E-state index in [9.17, 15) is 9.28 Å². The van der Waals surface area contributed by atoms with Crippen LogP contribution in [-0.2, 0) is 11.2 Å². The first-order chi connectivity index (χ1) is 6.83. The summed E-state index contributed by atoms with van der Waals surface area (Å²) in [4.78, 5) is 14.7. The Kier molecular flexibility index (Phi) is 4.61. The molecule has 76 valence electrons. The molecule has 1 rings (SSSR count). The molecule has 0 aliphatic carbocycles. The number of pyridine rings is 1.